The van der Waals surface area contributed by atoms with Crippen LogP contribution < -0.4 is 0 Å². The Morgan fingerprint density at radius 2 is 1.86 bits per heavy atom. The first-order valence-electron chi connectivity index (χ1n) is 6.48. The van der Waals surface area contributed by atoms with E-state index in [2.05, 4.69) is 4.99 Å². The second-order valence-corrected chi connectivity index (χ2v) is 5.03. The van der Waals surface area contributed by atoms with Crippen LogP contribution in [0.25, 0.3) is 0 Å². The summed E-state index contributed by atoms with van der Waals surface area (Å²) in [6.07, 6.45) is 1.46. The number of nitrogens with zero attached hydrogens (tertiary/aromatic N) is 2. The van der Waals surface area contributed by atoms with Gasteiger partial charge in [-0.25, -0.2) is 0 Å². The van der Waals surface area contributed by atoms with Crippen LogP contribution >= 0.6 is 0 Å². The molecular weight excluding hydrogens is 268 g/mol. The number of nitro groups is 1. The van der Waals surface area contributed by atoms with Gasteiger partial charge in [-0.1, -0.05) is 12.1 Å². The highest BCUT2D eigenvalue weighted by Gasteiger charge is 2.16. The molecule has 0 aliphatic carbocycles. The third-order valence-electron chi connectivity index (χ3n) is 3.17. The van der Waals surface area contributed by atoms with Crippen molar-refractivity contribution in [1.29, 1.82) is 0 Å². The summed E-state index contributed by atoms with van der Waals surface area (Å²) in [5.74, 6) is -0.361. The molecular formula is C16H16N2O3. The molecule has 0 heterocycles. The van der Waals surface area contributed by atoms with Crippen molar-refractivity contribution in [1.82, 2.24) is 0 Å². The number of benzene rings is 2. The molecule has 21 heavy (non-hydrogen) atoms. The average Bonchev–Trinajstić information content (AvgIpc) is 2.42. The Morgan fingerprint density at radius 1 is 1.14 bits per heavy atom. The van der Waals surface area contributed by atoms with E-state index in [1.54, 1.807) is 13.0 Å². The Kier molecular flexibility index (Phi) is 4.03. The van der Waals surface area contributed by atoms with Crippen LogP contribution in [-0.4, -0.2) is 16.2 Å². The van der Waals surface area contributed by atoms with Gasteiger partial charge in [0, 0.05) is 17.8 Å². The second kappa shape index (κ2) is 5.75. The molecule has 1 N–H and O–H groups in total. The van der Waals surface area contributed by atoms with Crippen LogP contribution in [0.15, 0.2) is 35.3 Å². The Balaban J connectivity index is 2.46. The van der Waals surface area contributed by atoms with Crippen molar-refractivity contribution in [2.45, 2.75) is 20.8 Å². The van der Waals surface area contributed by atoms with E-state index in [9.17, 15) is 15.2 Å². The molecule has 0 amide bonds. The summed E-state index contributed by atoms with van der Waals surface area (Å²) < 4.78 is 0. The van der Waals surface area contributed by atoms with E-state index in [0.717, 1.165) is 16.8 Å². The standard InChI is InChI=1S/C16H16N2O3/c1-10-4-5-12(3)14(7-10)17-9-13-6-11(2)8-15(16(13)19)18(20)21/h4-9,19H,1-3H3. The lowest BCUT2D eigenvalue weighted by molar-refractivity contribution is -0.385. The summed E-state index contributed by atoms with van der Waals surface area (Å²) in [4.78, 5) is 14.6. The normalized spacial score (nSPS) is 11.0. The maximum absolute atomic E-state index is 10.9. The molecule has 5 nitrogen and oxygen atoms in total. The van der Waals surface area contributed by atoms with Gasteiger partial charge in [0.2, 0.25) is 5.75 Å². The molecule has 0 aliphatic rings. The van der Waals surface area contributed by atoms with E-state index in [1.165, 1.54) is 12.3 Å². The van der Waals surface area contributed by atoms with Gasteiger partial charge in [0.25, 0.3) is 0 Å². The summed E-state index contributed by atoms with van der Waals surface area (Å²) in [6.45, 7) is 5.64. The second-order valence-electron chi connectivity index (χ2n) is 5.03. The van der Waals surface area contributed by atoms with Gasteiger partial charge in [-0.3, -0.25) is 15.1 Å². The number of aromatic hydroxyl groups is 1. The van der Waals surface area contributed by atoms with Crippen molar-refractivity contribution < 1.29 is 10.0 Å². The summed E-state index contributed by atoms with van der Waals surface area (Å²) >= 11 is 0. The highest BCUT2D eigenvalue weighted by molar-refractivity contribution is 5.88. The van der Waals surface area contributed by atoms with E-state index in [0.29, 0.717) is 11.1 Å². The zero-order chi connectivity index (χ0) is 15.6. The number of phenolic OH excluding ortho intramolecular Hbond substituents is 1. The van der Waals surface area contributed by atoms with Crippen molar-refractivity contribution in [3.8, 4) is 5.75 Å². The molecule has 108 valence electrons. The highest BCUT2D eigenvalue weighted by Crippen LogP contribution is 2.30. The predicted octanol–water partition coefficient (Wildman–Crippen LogP) is 3.98. The first kappa shape index (κ1) is 14.7. The first-order valence-corrected chi connectivity index (χ1v) is 6.48. The summed E-state index contributed by atoms with van der Waals surface area (Å²) in [5, 5.41) is 20.9. The molecule has 0 spiro atoms. The Bertz CT molecular complexity index is 737. The Morgan fingerprint density at radius 3 is 2.52 bits per heavy atom. The predicted molar refractivity (Wildman–Crippen MR) is 82.7 cm³/mol. The molecule has 0 radical (unpaired) electrons. The topological polar surface area (TPSA) is 75.7 Å². The fourth-order valence-electron chi connectivity index (χ4n) is 2.02. The zero-order valence-electron chi connectivity index (χ0n) is 12.1. The fraction of sp³-hybridized carbons (Fsp3) is 0.188. The lowest BCUT2D eigenvalue weighted by atomic mass is 10.1. The third kappa shape index (κ3) is 3.25. The van der Waals surface area contributed by atoms with Gasteiger partial charge < -0.3 is 5.11 Å². The van der Waals surface area contributed by atoms with Gasteiger partial charge in [0.05, 0.1) is 10.6 Å². The van der Waals surface area contributed by atoms with Crippen LogP contribution in [0.5, 0.6) is 5.75 Å². The van der Waals surface area contributed by atoms with E-state index in [4.69, 9.17) is 0 Å². The van der Waals surface area contributed by atoms with Gasteiger partial charge in [-0.05, 0) is 49.6 Å². The van der Waals surface area contributed by atoms with Gasteiger partial charge in [0.15, 0.2) is 0 Å². The number of aryl methyl sites for hydroxylation is 3. The minimum atomic E-state index is -0.600. The van der Waals surface area contributed by atoms with Crippen molar-refractivity contribution >= 4 is 17.6 Å². The molecule has 0 atom stereocenters. The maximum Gasteiger partial charge on any atom is 0.311 e. The molecule has 0 aromatic heterocycles. The minimum Gasteiger partial charge on any atom is -0.502 e. The number of phenols is 1. The monoisotopic (exact) mass is 284 g/mol. The number of hydrogen-bond acceptors (Lipinski definition) is 4. The molecule has 2 aromatic carbocycles. The molecule has 0 saturated carbocycles. The average molecular weight is 284 g/mol. The summed E-state index contributed by atoms with van der Waals surface area (Å²) in [5.41, 5.74) is 3.58. The van der Waals surface area contributed by atoms with Crippen molar-refractivity contribution in [3.63, 3.8) is 0 Å². The van der Waals surface area contributed by atoms with E-state index in [-0.39, 0.29) is 11.4 Å². The van der Waals surface area contributed by atoms with Crippen LogP contribution in [0.2, 0.25) is 0 Å². The van der Waals surface area contributed by atoms with Crippen LogP contribution in [-0.2, 0) is 0 Å². The summed E-state index contributed by atoms with van der Waals surface area (Å²) in [7, 11) is 0. The van der Waals surface area contributed by atoms with Crippen LogP contribution in [0.1, 0.15) is 22.3 Å². The number of aliphatic imine (C=N–C) groups is 1. The van der Waals surface area contributed by atoms with Gasteiger partial charge in [-0.2, -0.15) is 0 Å². The van der Waals surface area contributed by atoms with Crippen molar-refractivity contribution in [2.24, 2.45) is 4.99 Å². The smallest absolute Gasteiger partial charge is 0.311 e. The highest BCUT2D eigenvalue weighted by atomic mass is 16.6. The van der Waals surface area contributed by atoms with E-state index >= 15 is 0 Å². The van der Waals surface area contributed by atoms with Gasteiger partial charge >= 0.3 is 5.69 Å². The van der Waals surface area contributed by atoms with Crippen LogP contribution in [0.4, 0.5) is 11.4 Å². The number of rotatable bonds is 3. The van der Waals surface area contributed by atoms with E-state index in [1.807, 2.05) is 32.0 Å². The largest absolute Gasteiger partial charge is 0.502 e. The minimum absolute atomic E-state index is 0.308. The van der Waals surface area contributed by atoms with Crippen LogP contribution in [0.3, 0.4) is 0 Å². The third-order valence-corrected chi connectivity index (χ3v) is 3.17. The number of nitro benzene ring substituents is 1. The number of hydrogen-bond donors (Lipinski definition) is 1. The van der Waals surface area contributed by atoms with Crippen molar-refractivity contribution in [2.75, 3.05) is 0 Å². The molecule has 0 fully saturated rings. The zero-order valence-corrected chi connectivity index (χ0v) is 12.1. The van der Waals surface area contributed by atoms with Crippen molar-refractivity contribution in [3.05, 3.63) is 62.7 Å². The molecule has 0 saturated heterocycles. The van der Waals surface area contributed by atoms with Gasteiger partial charge in [-0.15, -0.1) is 0 Å². The molecule has 2 aromatic rings. The quantitative estimate of drug-likeness (QED) is 0.526. The fourth-order valence-corrected chi connectivity index (χ4v) is 2.02. The summed E-state index contributed by atoms with van der Waals surface area (Å²) in [6, 6.07) is 8.87. The Labute approximate surface area is 122 Å². The lowest BCUT2D eigenvalue weighted by Gasteiger charge is -2.04. The molecule has 2 rings (SSSR count). The molecule has 0 aliphatic heterocycles. The molecule has 0 bridgehead atoms. The SMILES string of the molecule is Cc1ccc(C)c(N=Cc2cc(C)cc([N+](=O)[O-])c2O)c1. The van der Waals surface area contributed by atoms with Gasteiger partial charge in [0.1, 0.15) is 0 Å². The first-order chi connectivity index (χ1) is 9.88. The van der Waals surface area contributed by atoms with E-state index < -0.39 is 4.92 Å². The molecule has 0 unspecified atom stereocenters. The lowest BCUT2D eigenvalue weighted by Crippen LogP contribution is -1.93. The Hall–Kier alpha value is -2.69. The van der Waals surface area contributed by atoms with Crippen LogP contribution in [0, 0.1) is 30.9 Å². The maximum atomic E-state index is 10.9. The molecule has 5 heteroatoms.